The SMILES string of the molecule is CC[C@H](OC(=O)c1cc(NC(C)=O)cc(NC(C)=O)c1)C(C)(C)c1ccccc1. The lowest BCUT2D eigenvalue weighted by Crippen LogP contribution is -2.37. The van der Waals surface area contributed by atoms with Crippen LogP contribution in [0, 0.1) is 0 Å². The Labute approximate surface area is 171 Å². The van der Waals surface area contributed by atoms with Crippen LogP contribution in [0.4, 0.5) is 11.4 Å². The van der Waals surface area contributed by atoms with E-state index in [2.05, 4.69) is 10.6 Å². The predicted molar refractivity (Wildman–Crippen MR) is 114 cm³/mol. The number of nitrogens with one attached hydrogen (secondary N) is 2. The molecule has 0 saturated heterocycles. The number of rotatable bonds is 7. The van der Waals surface area contributed by atoms with Gasteiger partial charge in [0.25, 0.3) is 0 Å². The third-order valence-corrected chi connectivity index (χ3v) is 4.75. The topological polar surface area (TPSA) is 84.5 Å². The van der Waals surface area contributed by atoms with Crippen LogP contribution < -0.4 is 10.6 Å². The molecule has 0 aromatic heterocycles. The maximum Gasteiger partial charge on any atom is 0.338 e. The average Bonchev–Trinajstić information content (AvgIpc) is 2.65. The van der Waals surface area contributed by atoms with E-state index in [9.17, 15) is 14.4 Å². The van der Waals surface area contributed by atoms with Gasteiger partial charge in [0, 0.05) is 30.6 Å². The van der Waals surface area contributed by atoms with Crippen molar-refractivity contribution in [2.45, 2.75) is 52.6 Å². The zero-order valence-corrected chi connectivity index (χ0v) is 17.5. The summed E-state index contributed by atoms with van der Waals surface area (Å²) in [7, 11) is 0. The highest BCUT2D eigenvalue weighted by Gasteiger charge is 2.33. The molecule has 6 nitrogen and oxygen atoms in total. The molecule has 0 aliphatic rings. The van der Waals surface area contributed by atoms with Crippen molar-refractivity contribution >= 4 is 29.2 Å². The average molecular weight is 396 g/mol. The second-order valence-corrected chi connectivity index (χ2v) is 7.55. The first kappa shape index (κ1) is 22.1. The van der Waals surface area contributed by atoms with Gasteiger partial charge >= 0.3 is 5.97 Å². The Hall–Kier alpha value is -3.15. The van der Waals surface area contributed by atoms with Gasteiger partial charge in [-0.1, -0.05) is 51.1 Å². The quantitative estimate of drug-likeness (QED) is 0.674. The van der Waals surface area contributed by atoms with Gasteiger partial charge in [-0.3, -0.25) is 9.59 Å². The summed E-state index contributed by atoms with van der Waals surface area (Å²) in [6.07, 6.45) is 0.281. The Kier molecular flexibility index (Phi) is 7.15. The van der Waals surface area contributed by atoms with Crippen LogP contribution in [-0.4, -0.2) is 23.9 Å². The van der Waals surface area contributed by atoms with Crippen LogP contribution >= 0.6 is 0 Å². The number of benzene rings is 2. The maximum absolute atomic E-state index is 12.9. The second-order valence-electron chi connectivity index (χ2n) is 7.55. The molecule has 0 spiro atoms. The van der Waals surface area contributed by atoms with Crippen molar-refractivity contribution in [3.63, 3.8) is 0 Å². The molecule has 0 radical (unpaired) electrons. The van der Waals surface area contributed by atoms with Crippen LogP contribution in [0.25, 0.3) is 0 Å². The number of carbonyl (C=O) groups excluding carboxylic acids is 3. The molecule has 154 valence electrons. The number of hydrogen-bond acceptors (Lipinski definition) is 4. The van der Waals surface area contributed by atoms with Crippen molar-refractivity contribution in [2.24, 2.45) is 0 Å². The summed E-state index contributed by atoms with van der Waals surface area (Å²) in [5, 5.41) is 5.28. The lowest BCUT2D eigenvalue weighted by molar-refractivity contribution is -0.115. The summed E-state index contributed by atoms with van der Waals surface area (Å²) in [6, 6.07) is 14.6. The van der Waals surface area contributed by atoms with E-state index in [0.717, 1.165) is 5.56 Å². The van der Waals surface area contributed by atoms with Crippen LogP contribution in [0.2, 0.25) is 0 Å². The largest absolute Gasteiger partial charge is 0.458 e. The van der Waals surface area contributed by atoms with E-state index in [0.29, 0.717) is 17.8 Å². The molecule has 0 unspecified atom stereocenters. The highest BCUT2D eigenvalue weighted by atomic mass is 16.5. The fourth-order valence-corrected chi connectivity index (χ4v) is 3.29. The van der Waals surface area contributed by atoms with Gasteiger partial charge in [-0.25, -0.2) is 4.79 Å². The molecule has 2 N–H and O–H groups in total. The molecule has 0 aliphatic carbocycles. The van der Waals surface area contributed by atoms with Gasteiger partial charge in [0.05, 0.1) is 5.56 Å². The van der Waals surface area contributed by atoms with Crippen LogP contribution in [-0.2, 0) is 19.7 Å². The van der Waals surface area contributed by atoms with Crippen molar-refractivity contribution in [3.05, 3.63) is 59.7 Å². The van der Waals surface area contributed by atoms with E-state index in [1.807, 2.05) is 51.1 Å². The molecule has 0 fully saturated rings. The minimum Gasteiger partial charge on any atom is -0.458 e. The summed E-state index contributed by atoms with van der Waals surface area (Å²) in [4.78, 5) is 35.8. The van der Waals surface area contributed by atoms with Crippen molar-refractivity contribution in [2.75, 3.05) is 10.6 Å². The number of ether oxygens (including phenoxy) is 1. The Morgan fingerprint density at radius 1 is 0.931 bits per heavy atom. The summed E-state index contributed by atoms with van der Waals surface area (Å²) in [6.45, 7) is 8.80. The van der Waals surface area contributed by atoms with E-state index in [4.69, 9.17) is 4.74 Å². The van der Waals surface area contributed by atoms with Gasteiger partial charge in [0.2, 0.25) is 11.8 Å². The van der Waals surface area contributed by atoms with Crippen molar-refractivity contribution < 1.29 is 19.1 Å². The third-order valence-electron chi connectivity index (χ3n) is 4.75. The van der Waals surface area contributed by atoms with Crippen LogP contribution in [0.3, 0.4) is 0 Å². The number of esters is 1. The number of anilines is 2. The predicted octanol–water partition coefficient (Wildman–Crippen LogP) is 4.52. The number of hydrogen-bond donors (Lipinski definition) is 2. The van der Waals surface area contributed by atoms with Crippen molar-refractivity contribution in [3.8, 4) is 0 Å². The second kappa shape index (κ2) is 9.37. The van der Waals surface area contributed by atoms with E-state index in [-0.39, 0.29) is 28.9 Å². The molecule has 2 aromatic rings. The Bertz CT molecular complexity index is 857. The Balaban J connectivity index is 2.31. The molecular weight excluding hydrogens is 368 g/mol. The van der Waals surface area contributed by atoms with E-state index < -0.39 is 5.97 Å². The number of carbonyl (C=O) groups is 3. The van der Waals surface area contributed by atoms with Gasteiger partial charge in [0.1, 0.15) is 6.10 Å². The van der Waals surface area contributed by atoms with Gasteiger partial charge in [-0.15, -0.1) is 0 Å². The van der Waals surface area contributed by atoms with E-state index >= 15 is 0 Å². The summed E-state index contributed by atoms with van der Waals surface area (Å²) in [5.74, 6) is -1.07. The fraction of sp³-hybridized carbons (Fsp3) is 0.348. The lowest BCUT2D eigenvalue weighted by Gasteiger charge is -2.34. The van der Waals surface area contributed by atoms with Crippen LogP contribution in [0.5, 0.6) is 0 Å². The molecule has 2 amide bonds. The van der Waals surface area contributed by atoms with Crippen LogP contribution in [0.1, 0.15) is 57.0 Å². The molecule has 6 heteroatoms. The smallest absolute Gasteiger partial charge is 0.338 e. The van der Waals surface area contributed by atoms with E-state index in [1.165, 1.54) is 26.0 Å². The van der Waals surface area contributed by atoms with Gasteiger partial charge in [-0.05, 0) is 30.2 Å². The first-order chi connectivity index (χ1) is 13.6. The zero-order chi connectivity index (χ0) is 21.6. The molecular formula is C23H28N2O4. The van der Waals surface area contributed by atoms with E-state index in [1.54, 1.807) is 6.07 Å². The monoisotopic (exact) mass is 396 g/mol. The highest BCUT2D eigenvalue weighted by molar-refractivity contribution is 5.97. The van der Waals surface area contributed by atoms with Crippen LogP contribution in [0.15, 0.2) is 48.5 Å². The van der Waals surface area contributed by atoms with Gasteiger partial charge in [0.15, 0.2) is 0 Å². The molecule has 0 bridgehead atoms. The molecule has 2 rings (SSSR count). The highest BCUT2D eigenvalue weighted by Crippen LogP contribution is 2.32. The minimum absolute atomic E-state index is 0.252. The molecule has 1 atom stereocenters. The molecule has 29 heavy (non-hydrogen) atoms. The summed E-state index contributed by atoms with van der Waals surface area (Å²) in [5.41, 5.74) is 1.76. The van der Waals surface area contributed by atoms with Gasteiger partial charge in [-0.2, -0.15) is 0 Å². The summed E-state index contributed by atoms with van der Waals surface area (Å²) >= 11 is 0. The summed E-state index contributed by atoms with van der Waals surface area (Å²) < 4.78 is 5.86. The first-order valence-electron chi connectivity index (χ1n) is 9.60. The lowest BCUT2D eigenvalue weighted by atomic mass is 9.78. The first-order valence-corrected chi connectivity index (χ1v) is 9.60. The van der Waals surface area contributed by atoms with Crippen molar-refractivity contribution in [1.29, 1.82) is 0 Å². The fourth-order valence-electron chi connectivity index (χ4n) is 3.29. The molecule has 2 aromatic carbocycles. The third kappa shape index (κ3) is 5.91. The van der Waals surface area contributed by atoms with Crippen molar-refractivity contribution in [1.82, 2.24) is 0 Å². The Morgan fingerprint density at radius 3 is 1.90 bits per heavy atom. The minimum atomic E-state index is -0.514. The standard InChI is InChI=1S/C23H28N2O4/c1-6-21(23(4,5)18-10-8-7-9-11-18)29-22(28)17-12-19(24-15(2)26)14-20(13-17)25-16(3)27/h7-14,21H,6H2,1-5H3,(H,24,26)(H,25,27)/t21-/m0/s1. The molecule has 0 aliphatic heterocycles. The zero-order valence-electron chi connectivity index (χ0n) is 17.5. The van der Waals surface area contributed by atoms with Gasteiger partial charge < -0.3 is 15.4 Å². The molecule has 0 heterocycles. The Morgan fingerprint density at radius 2 is 1.45 bits per heavy atom. The normalized spacial score (nSPS) is 12.0. The molecule has 0 saturated carbocycles. The number of amides is 2. The maximum atomic E-state index is 12.9.